The number of hydrogen-bond acceptors (Lipinski definition) is 3. The SMILES string of the molecule is C=Cc1ccnc(C)c1.O=S(=O)(O)O. The molecule has 2 N–H and O–H groups in total. The van der Waals surface area contributed by atoms with E-state index in [1.54, 1.807) is 6.20 Å². The fourth-order valence-electron chi connectivity index (χ4n) is 0.694. The molecule has 0 radical (unpaired) electrons. The van der Waals surface area contributed by atoms with Crippen molar-refractivity contribution in [3.05, 3.63) is 36.2 Å². The van der Waals surface area contributed by atoms with E-state index >= 15 is 0 Å². The van der Waals surface area contributed by atoms with E-state index in [0.717, 1.165) is 11.3 Å². The highest BCUT2D eigenvalue weighted by atomic mass is 32.3. The maximum atomic E-state index is 8.74. The molecule has 0 aliphatic heterocycles. The summed E-state index contributed by atoms with van der Waals surface area (Å²) in [6, 6.07) is 3.92. The monoisotopic (exact) mass is 217 g/mol. The lowest BCUT2D eigenvalue weighted by molar-refractivity contribution is 0.381. The molecule has 0 aliphatic rings. The summed E-state index contributed by atoms with van der Waals surface area (Å²) < 4.78 is 31.6. The molecule has 0 bridgehead atoms. The molecule has 1 aromatic rings. The lowest BCUT2D eigenvalue weighted by atomic mass is 10.2. The number of aromatic nitrogens is 1. The zero-order valence-corrected chi connectivity index (χ0v) is 8.40. The van der Waals surface area contributed by atoms with Gasteiger partial charge in [0.25, 0.3) is 0 Å². The summed E-state index contributed by atoms with van der Waals surface area (Å²) in [6.07, 6.45) is 3.60. The lowest BCUT2D eigenvalue weighted by Crippen LogP contribution is -1.89. The van der Waals surface area contributed by atoms with Crippen LogP contribution in [0.1, 0.15) is 11.3 Å². The van der Waals surface area contributed by atoms with Crippen LogP contribution in [-0.4, -0.2) is 22.5 Å². The van der Waals surface area contributed by atoms with Gasteiger partial charge in [0, 0.05) is 11.9 Å². The summed E-state index contributed by atoms with van der Waals surface area (Å²) in [5.74, 6) is 0. The van der Waals surface area contributed by atoms with Crippen LogP contribution in [-0.2, 0) is 10.4 Å². The van der Waals surface area contributed by atoms with E-state index in [-0.39, 0.29) is 0 Å². The Balaban J connectivity index is 0.000000292. The Kier molecular flexibility index (Phi) is 5.00. The number of hydrogen-bond donors (Lipinski definition) is 2. The smallest absolute Gasteiger partial charge is 0.264 e. The molecule has 5 nitrogen and oxygen atoms in total. The van der Waals surface area contributed by atoms with Crippen LogP contribution in [0, 0.1) is 6.92 Å². The third kappa shape index (κ3) is 8.85. The predicted molar refractivity (Wildman–Crippen MR) is 53.2 cm³/mol. The molecule has 1 aromatic heterocycles. The summed E-state index contributed by atoms with van der Waals surface area (Å²) in [5.41, 5.74) is 2.16. The second-order valence-electron chi connectivity index (χ2n) is 2.38. The van der Waals surface area contributed by atoms with Gasteiger partial charge in [-0.1, -0.05) is 12.7 Å². The molecule has 6 heteroatoms. The highest BCUT2D eigenvalue weighted by Crippen LogP contribution is 2.00. The molecule has 1 heterocycles. The number of pyridine rings is 1. The van der Waals surface area contributed by atoms with Gasteiger partial charge in [0.1, 0.15) is 0 Å². The molecule has 0 aliphatic carbocycles. The minimum absolute atomic E-state index is 1.03. The van der Waals surface area contributed by atoms with Gasteiger partial charge in [-0.3, -0.25) is 14.1 Å². The van der Waals surface area contributed by atoms with Crippen LogP contribution in [0.25, 0.3) is 6.08 Å². The highest BCUT2D eigenvalue weighted by molar-refractivity contribution is 7.79. The van der Waals surface area contributed by atoms with Gasteiger partial charge in [0.05, 0.1) is 0 Å². The van der Waals surface area contributed by atoms with Crippen molar-refractivity contribution in [2.45, 2.75) is 6.92 Å². The van der Waals surface area contributed by atoms with Gasteiger partial charge in [-0.15, -0.1) is 0 Å². The van der Waals surface area contributed by atoms with Gasteiger partial charge in [-0.05, 0) is 24.6 Å². The molecule has 0 fully saturated rings. The van der Waals surface area contributed by atoms with Gasteiger partial charge >= 0.3 is 10.4 Å². The summed E-state index contributed by atoms with van der Waals surface area (Å²) in [7, 11) is -4.67. The zero-order chi connectivity index (χ0) is 11.2. The van der Waals surface area contributed by atoms with E-state index in [0.29, 0.717) is 0 Å². The maximum absolute atomic E-state index is 8.74. The van der Waals surface area contributed by atoms with E-state index in [1.165, 1.54) is 0 Å². The van der Waals surface area contributed by atoms with E-state index < -0.39 is 10.4 Å². The van der Waals surface area contributed by atoms with Crippen LogP contribution in [0.5, 0.6) is 0 Å². The van der Waals surface area contributed by atoms with Crippen molar-refractivity contribution in [2.24, 2.45) is 0 Å². The van der Waals surface area contributed by atoms with Crippen LogP contribution in [0.3, 0.4) is 0 Å². The largest absolute Gasteiger partial charge is 0.394 e. The summed E-state index contributed by atoms with van der Waals surface area (Å²) in [4.78, 5) is 4.04. The Morgan fingerprint density at radius 3 is 2.29 bits per heavy atom. The van der Waals surface area contributed by atoms with Crippen molar-refractivity contribution in [3.63, 3.8) is 0 Å². The molecule has 14 heavy (non-hydrogen) atoms. The van der Waals surface area contributed by atoms with E-state index in [2.05, 4.69) is 11.6 Å². The van der Waals surface area contributed by atoms with Gasteiger partial charge in [-0.25, -0.2) is 0 Å². The molecule has 1 rings (SSSR count). The van der Waals surface area contributed by atoms with E-state index in [1.807, 2.05) is 25.1 Å². The minimum atomic E-state index is -4.67. The molecule has 0 saturated carbocycles. The molecule has 0 amide bonds. The van der Waals surface area contributed by atoms with Gasteiger partial charge in [-0.2, -0.15) is 8.42 Å². The quantitative estimate of drug-likeness (QED) is 0.694. The van der Waals surface area contributed by atoms with Crippen LogP contribution >= 0.6 is 0 Å². The molecular formula is C8H11NO4S. The van der Waals surface area contributed by atoms with Gasteiger partial charge in [0.15, 0.2) is 0 Å². The third-order valence-corrected chi connectivity index (χ3v) is 1.16. The number of aryl methyl sites for hydroxylation is 1. The Hall–Kier alpha value is -1.24. The Morgan fingerprint density at radius 1 is 1.50 bits per heavy atom. The van der Waals surface area contributed by atoms with E-state index in [4.69, 9.17) is 17.5 Å². The Morgan fingerprint density at radius 2 is 2.00 bits per heavy atom. The molecular weight excluding hydrogens is 206 g/mol. The number of nitrogens with zero attached hydrogens (tertiary/aromatic N) is 1. The molecule has 0 aromatic carbocycles. The van der Waals surface area contributed by atoms with Crippen molar-refractivity contribution in [1.82, 2.24) is 4.98 Å². The summed E-state index contributed by atoms with van der Waals surface area (Å²) in [6.45, 7) is 5.61. The first-order valence-corrected chi connectivity index (χ1v) is 4.97. The van der Waals surface area contributed by atoms with Crippen molar-refractivity contribution in [3.8, 4) is 0 Å². The predicted octanol–water partition coefficient (Wildman–Crippen LogP) is 1.38. The average molecular weight is 217 g/mol. The third-order valence-electron chi connectivity index (χ3n) is 1.16. The molecule has 0 atom stereocenters. The molecule has 0 spiro atoms. The Labute approximate surface area is 82.7 Å². The fourth-order valence-corrected chi connectivity index (χ4v) is 0.694. The Bertz CT molecular complexity index is 392. The maximum Gasteiger partial charge on any atom is 0.394 e. The normalized spacial score (nSPS) is 9.93. The fraction of sp³-hybridized carbons (Fsp3) is 0.125. The van der Waals surface area contributed by atoms with Gasteiger partial charge < -0.3 is 0 Å². The van der Waals surface area contributed by atoms with Gasteiger partial charge in [0.2, 0.25) is 0 Å². The lowest BCUT2D eigenvalue weighted by Gasteiger charge is -1.91. The topological polar surface area (TPSA) is 87.5 Å². The van der Waals surface area contributed by atoms with Crippen molar-refractivity contribution in [1.29, 1.82) is 0 Å². The van der Waals surface area contributed by atoms with Crippen LogP contribution in [0.2, 0.25) is 0 Å². The van der Waals surface area contributed by atoms with Crippen molar-refractivity contribution in [2.75, 3.05) is 0 Å². The number of rotatable bonds is 1. The first kappa shape index (κ1) is 12.8. The second-order valence-corrected chi connectivity index (χ2v) is 3.28. The molecule has 0 unspecified atom stereocenters. The molecule has 0 saturated heterocycles. The van der Waals surface area contributed by atoms with E-state index in [9.17, 15) is 0 Å². The standard InChI is InChI=1S/C8H9N.H2O4S/c1-3-8-4-5-9-7(2)6-8;1-5(2,3)4/h3-6H,1H2,2H3;(H2,1,2,3,4). The summed E-state index contributed by atoms with van der Waals surface area (Å²) in [5, 5.41) is 0. The average Bonchev–Trinajstić information content (AvgIpc) is 2.01. The highest BCUT2D eigenvalue weighted by Gasteiger charge is 1.85. The second kappa shape index (κ2) is 5.48. The summed E-state index contributed by atoms with van der Waals surface area (Å²) >= 11 is 0. The molecule has 78 valence electrons. The minimum Gasteiger partial charge on any atom is -0.264 e. The van der Waals surface area contributed by atoms with Crippen molar-refractivity contribution >= 4 is 16.5 Å². The van der Waals surface area contributed by atoms with Crippen LogP contribution in [0.15, 0.2) is 24.9 Å². The first-order valence-electron chi connectivity index (χ1n) is 3.58. The van der Waals surface area contributed by atoms with Crippen LogP contribution in [0.4, 0.5) is 0 Å². The van der Waals surface area contributed by atoms with Crippen molar-refractivity contribution < 1.29 is 17.5 Å². The zero-order valence-electron chi connectivity index (χ0n) is 7.58. The van der Waals surface area contributed by atoms with Crippen LogP contribution < -0.4 is 0 Å². The first-order chi connectivity index (χ1) is 6.33.